The Bertz CT molecular complexity index is 683. The van der Waals surface area contributed by atoms with Crippen molar-refractivity contribution in [2.75, 3.05) is 18.5 Å². The van der Waals surface area contributed by atoms with E-state index in [4.69, 9.17) is 9.47 Å². The molecule has 1 atom stereocenters. The molecule has 1 N–H and O–H groups in total. The van der Waals surface area contributed by atoms with Crippen LogP contribution in [0.2, 0.25) is 0 Å². The topological polar surface area (TPSA) is 47.6 Å². The zero-order valence-electron chi connectivity index (χ0n) is 14.2. The number of amides is 1. The van der Waals surface area contributed by atoms with E-state index in [1.807, 2.05) is 38.1 Å². The van der Waals surface area contributed by atoms with Gasteiger partial charge in [-0.25, -0.2) is 0 Å². The Morgan fingerprint density at radius 2 is 1.88 bits per heavy atom. The fourth-order valence-electron chi connectivity index (χ4n) is 2.92. The van der Waals surface area contributed by atoms with Crippen molar-refractivity contribution < 1.29 is 14.3 Å². The van der Waals surface area contributed by atoms with E-state index in [-0.39, 0.29) is 12.0 Å². The molecule has 1 amide bonds. The Hall–Kier alpha value is -2.33. The third-order valence-electron chi connectivity index (χ3n) is 4.06. The van der Waals surface area contributed by atoms with E-state index in [2.05, 4.69) is 11.4 Å². The van der Waals surface area contributed by atoms with Crippen molar-refractivity contribution in [2.45, 2.75) is 32.8 Å². The summed E-state index contributed by atoms with van der Waals surface area (Å²) in [6, 6.07) is 13.2. The second kappa shape index (κ2) is 7.49. The number of carbonyl (C=O) groups excluding carboxylic acids is 1. The number of hydrogen-bond donors (Lipinski definition) is 1. The van der Waals surface area contributed by atoms with Crippen LogP contribution in [0, 0.1) is 13.8 Å². The van der Waals surface area contributed by atoms with Crippen LogP contribution in [-0.4, -0.2) is 25.2 Å². The highest BCUT2D eigenvalue weighted by molar-refractivity contribution is 6.04. The lowest BCUT2D eigenvalue weighted by atomic mass is 10.1. The molecule has 2 aromatic rings. The standard InChI is InChI=1S/C20H23NO3/c1-14-10-15(2)12-17(11-14)21-20(22)16-5-7-18(8-6-16)24-13-19-4-3-9-23-19/h5-8,10-12,19H,3-4,9,13H2,1-2H3,(H,21,22). The van der Waals surface area contributed by atoms with Gasteiger partial charge in [0.1, 0.15) is 12.4 Å². The number of hydrogen-bond acceptors (Lipinski definition) is 3. The number of aryl methyl sites for hydroxylation is 2. The second-order valence-electron chi connectivity index (χ2n) is 6.30. The average molecular weight is 325 g/mol. The molecule has 0 bridgehead atoms. The van der Waals surface area contributed by atoms with Gasteiger partial charge >= 0.3 is 0 Å². The molecule has 2 aromatic carbocycles. The normalized spacial score (nSPS) is 16.8. The van der Waals surface area contributed by atoms with Crippen LogP contribution in [0.4, 0.5) is 5.69 Å². The minimum atomic E-state index is -0.120. The van der Waals surface area contributed by atoms with Gasteiger partial charge in [-0.15, -0.1) is 0 Å². The molecule has 0 radical (unpaired) electrons. The van der Waals surface area contributed by atoms with Gasteiger partial charge in [0.2, 0.25) is 0 Å². The highest BCUT2D eigenvalue weighted by Crippen LogP contribution is 2.18. The van der Waals surface area contributed by atoms with Gasteiger partial charge in [0.05, 0.1) is 6.10 Å². The van der Waals surface area contributed by atoms with Gasteiger partial charge in [-0.2, -0.15) is 0 Å². The van der Waals surface area contributed by atoms with Crippen molar-refractivity contribution in [3.63, 3.8) is 0 Å². The van der Waals surface area contributed by atoms with E-state index in [0.717, 1.165) is 42.0 Å². The monoisotopic (exact) mass is 325 g/mol. The van der Waals surface area contributed by atoms with E-state index < -0.39 is 0 Å². The number of benzene rings is 2. The first kappa shape index (κ1) is 16.5. The predicted molar refractivity (Wildman–Crippen MR) is 94.8 cm³/mol. The van der Waals surface area contributed by atoms with Crippen molar-refractivity contribution in [3.05, 3.63) is 59.2 Å². The summed E-state index contributed by atoms with van der Waals surface area (Å²) in [6.07, 6.45) is 2.35. The zero-order valence-corrected chi connectivity index (χ0v) is 14.2. The van der Waals surface area contributed by atoms with Gasteiger partial charge < -0.3 is 14.8 Å². The molecular weight excluding hydrogens is 302 g/mol. The quantitative estimate of drug-likeness (QED) is 0.900. The summed E-state index contributed by atoms with van der Waals surface area (Å²) < 4.78 is 11.3. The Kier molecular flexibility index (Phi) is 5.16. The van der Waals surface area contributed by atoms with Crippen LogP contribution in [-0.2, 0) is 4.74 Å². The maximum atomic E-state index is 12.3. The number of carbonyl (C=O) groups is 1. The highest BCUT2D eigenvalue weighted by atomic mass is 16.5. The summed E-state index contributed by atoms with van der Waals surface area (Å²) in [5, 5.41) is 2.94. The third-order valence-corrected chi connectivity index (χ3v) is 4.06. The van der Waals surface area contributed by atoms with Gasteiger partial charge in [0.25, 0.3) is 5.91 Å². The van der Waals surface area contributed by atoms with E-state index in [0.29, 0.717) is 12.2 Å². The number of nitrogens with one attached hydrogen (secondary N) is 1. The molecule has 4 heteroatoms. The lowest BCUT2D eigenvalue weighted by molar-refractivity contribution is 0.0679. The summed E-state index contributed by atoms with van der Waals surface area (Å²) >= 11 is 0. The van der Waals surface area contributed by atoms with Gasteiger partial charge in [-0.3, -0.25) is 4.79 Å². The largest absolute Gasteiger partial charge is 0.491 e. The van der Waals surface area contributed by atoms with Crippen LogP contribution in [0.15, 0.2) is 42.5 Å². The maximum absolute atomic E-state index is 12.3. The minimum absolute atomic E-state index is 0.120. The summed E-state index contributed by atoms with van der Waals surface area (Å²) in [6.45, 7) is 5.42. The van der Waals surface area contributed by atoms with E-state index in [1.54, 1.807) is 12.1 Å². The van der Waals surface area contributed by atoms with Gasteiger partial charge in [-0.1, -0.05) is 6.07 Å². The number of rotatable bonds is 5. The van der Waals surface area contributed by atoms with Gasteiger partial charge in [0, 0.05) is 17.9 Å². The van der Waals surface area contributed by atoms with Crippen LogP contribution in [0.25, 0.3) is 0 Å². The Balaban J connectivity index is 1.58. The molecule has 1 unspecified atom stereocenters. The molecule has 1 fully saturated rings. The molecule has 3 rings (SSSR count). The fourth-order valence-corrected chi connectivity index (χ4v) is 2.92. The first-order valence-electron chi connectivity index (χ1n) is 8.34. The molecule has 4 nitrogen and oxygen atoms in total. The average Bonchev–Trinajstić information content (AvgIpc) is 3.06. The predicted octanol–water partition coefficient (Wildman–Crippen LogP) is 4.11. The van der Waals surface area contributed by atoms with Crippen LogP contribution in [0.3, 0.4) is 0 Å². The van der Waals surface area contributed by atoms with Crippen LogP contribution in [0.1, 0.15) is 34.3 Å². The SMILES string of the molecule is Cc1cc(C)cc(NC(=O)c2ccc(OCC3CCCO3)cc2)c1. The first-order chi connectivity index (χ1) is 11.6. The van der Waals surface area contributed by atoms with Crippen LogP contribution in [0.5, 0.6) is 5.75 Å². The molecule has 0 aromatic heterocycles. The van der Waals surface area contributed by atoms with Crippen LogP contribution < -0.4 is 10.1 Å². The Morgan fingerprint density at radius 1 is 1.17 bits per heavy atom. The molecule has 0 aliphatic carbocycles. The summed E-state index contributed by atoms with van der Waals surface area (Å²) in [5.74, 6) is 0.638. The second-order valence-corrected chi connectivity index (χ2v) is 6.30. The molecule has 1 saturated heterocycles. The summed E-state index contributed by atoms with van der Waals surface area (Å²) in [5.41, 5.74) is 3.68. The van der Waals surface area contributed by atoms with Crippen molar-refractivity contribution in [1.82, 2.24) is 0 Å². The molecule has 0 saturated carbocycles. The molecule has 24 heavy (non-hydrogen) atoms. The molecular formula is C20H23NO3. The molecule has 126 valence electrons. The number of ether oxygens (including phenoxy) is 2. The summed E-state index contributed by atoms with van der Waals surface area (Å²) in [4.78, 5) is 12.3. The van der Waals surface area contributed by atoms with E-state index in [1.165, 1.54) is 0 Å². The lowest BCUT2D eigenvalue weighted by Crippen LogP contribution is -2.16. The molecule has 1 heterocycles. The molecule has 0 spiro atoms. The Labute approximate surface area is 142 Å². The molecule has 1 aliphatic rings. The summed E-state index contributed by atoms with van der Waals surface area (Å²) in [7, 11) is 0. The zero-order chi connectivity index (χ0) is 16.9. The van der Waals surface area contributed by atoms with Gasteiger partial charge in [0.15, 0.2) is 0 Å². The Morgan fingerprint density at radius 3 is 2.50 bits per heavy atom. The van der Waals surface area contributed by atoms with E-state index >= 15 is 0 Å². The van der Waals surface area contributed by atoms with Crippen molar-refractivity contribution in [1.29, 1.82) is 0 Å². The van der Waals surface area contributed by atoms with Crippen molar-refractivity contribution in [2.24, 2.45) is 0 Å². The first-order valence-corrected chi connectivity index (χ1v) is 8.34. The lowest BCUT2D eigenvalue weighted by Gasteiger charge is -2.12. The van der Waals surface area contributed by atoms with Crippen molar-refractivity contribution in [3.8, 4) is 5.75 Å². The minimum Gasteiger partial charge on any atom is -0.491 e. The smallest absolute Gasteiger partial charge is 0.255 e. The maximum Gasteiger partial charge on any atom is 0.255 e. The molecule has 1 aliphatic heterocycles. The fraction of sp³-hybridized carbons (Fsp3) is 0.350. The third kappa shape index (κ3) is 4.36. The van der Waals surface area contributed by atoms with Crippen molar-refractivity contribution >= 4 is 11.6 Å². The van der Waals surface area contributed by atoms with Crippen LogP contribution >= 0.6 is 0 Å². The number of anilines is 1. The highest BCUT2D eigenvalue weighted by Gasteiger charge is 2.16. The van der Waals surface area contributed by atoms with E-state index in [9.17, 15) is 4.79 Å². The van der Waals surface area contributed by atoms with Gasteiger partial charge in [-0.05, 0) is 74.2 Å².